The molecule has 0 atom stereocenters. The lowest BCUT2D eigenvalue weighted by Crippen LogP contribution is -2.01. The van der Waals surface area contributed by atoms with Gasteiger partial charge in [0.15, 0.2) is 12.4 Å². The predicted octanol–water partition coefficient (Wildman–Crippen LogP) is 5.46. The van der Waals surface area contributed by atoms with E-state index in [1.165, 1.54) is 4.90 Å². The summed E-state index contributed by atoms with van der Waals surface area (Å²) >= 11 is 7.63. The Morgan fingerprint density at radius 3 is 2.34 bits per heavy atom. The Balaban J connectivity index is 1.48. The number of rotatable bonds is 6. The van der Waals surface area contributed by atoms with Gasteiger partial charge in [0, 0.05) is 32.8 Å². The second-order valence-electron chi connectivity index (χ2n) is 6.21. The zero-order chi connectivity index (χ0) is 20.2. The fourth-order valence-corrected chi connectivity index (χ4v) is 3.18. The number of aryl methyl sites for hydroxylation is 1. The summed E-state index contributed by atoms with van der Waals surface area (Å²) in [6.45, 7) is 2.00. The van der Waals surface area contributed by atoms with E-state index in [1.54, 1.807) is 30.0 Å². The van der Waals surface area contributed by atoms with Crippen LogP contribution < -0.4 is 4.74 Å². The molecule has 0 saturated heterocycles. The molecule has 146 valence electrons. The van der Waals surface area contributed by atoms with E-state index in [9.17, 15) is 0 Å². The van der Waals surface area contributed by atoms with E-state index in [2.05, 4.69) is 20.1 Å². The number of halogens is 1. The predicted molar refractivity (Wildman–Crippen MR) is 113 cm³/mol. The van der Waals surface area contributed by atoms with Crippen LogP contribution in [0.3, 0.4) is 0 Å². The Hall–Kier alpha value is -2.90. The fourth-order valence-electron chi connectivity index (χ4n) is 2.65. The summed E-state index contributed by atoms with van der Waals surface area (Å²) in [6.07, 6.45) is 2.03. The molecule has 2 aromatic heterocycles. The van der Waals surface area contributed by atoms with Crippen LogP contribution in [0, 0.1) is 6.92 Å². The van der Waals surface area contributed by atoms with E-state index in [-0.39, 0.29) is 6.61 Å². The number of nitrogens with zero attached hydrogens (tertiary/aromatic N) is 4. The minimum atomic E-state index is 0.117. The summed E-state index contributed by atoms with van der Waals surface area (Å²) in [4.78, 5) is 14.5. The quantitative estimate of drug-likeness (QED) is 0.380. The van der Waals surface area contributed by atoms with Crippen LogP contribution in [0.15, 0.2) is 64.0 Å². The largest absolute Gasteiger partial charge is 0.467 e. The molecule has 0 aliphatic carbocycles. The molecular formula is C21H17ClN4O2S. The Morgan fingerprint density at radius 1 is 0.931 bits per heavy atom. The molecule has 0 aliphatic rings. The molecule has 0 radical (unpaired) electrons. The maximum Gasteiger partial charge on any atom is 0.264 e. The highest BCUT2D eigenvalue weighted by Gasteiger charge is 2.11. The van der Waals surface area contributed by atoms with Crippen LogP contribution in [0.1, 0.15) is 11.6 Å². The lowest BCUT2D eigenvalue weighted by Gasteiger charge is -2.06. The first-order valence-electron chi connectivity index (χ1n) is 8.82. The van der Waals surface area contributed by atoms with Crippen molar-refractivity contribution in [3.8, 4) is 28.7 Å². The maximum absolute atomic E-state index is 5.95. The number of benzene rings is 2. The average Bonchev–Trinajstić information content (AvgIpc) is 3.21. The van der Waals surface area contributed by atoms with E-state index in [1.807, 2.05) is 49.6 Å². The molecule has 0 N–H and O–H groups in total. The van der Waals surface area contributed by atoms with Gasteiger partial charge in [-0.2, -0.15) is 9.97 Å². The van der Waals surface area contributed by atoms with Gasteiger partial charge in [-0.15, -0.1) is 11.8 Å². The Labute approximate surface area is 177 Å². The zero-order valence-corrected chi connectivity index (χ0v) is 17.4. The van der Waals surface area contributed by atoms with Gasteiger partial charge in [0.1, 0.15) is 0 Å². The van der Waals surface area contributed by atoms with Crippen molar-refractivity contribution in [2.45, 2.75) is 18.4 Å². The molecule has 0 amide bonds. The molecule has 0 unspecified atom stereocenters. The zero-order valence-electron chi connectivity index (χ0n) is 15.8. The van der Waals surface area contributed by atoms with E-state index in [0.717, 1.165) is 16.8 Å². The van der Waals surface area contributed by atoms with Crippen LogP contribution in [-0.4, -0.2) is 26.4 Å². The molecule has 2 aromatic carbocycles. The minimum absolute atomic E-state index is 0.117. The third-order valence-corrected chi connectivity index (χ3v) is 5.09. The third-order valence-electron chi connectivity index (χ3n) is 4.09. The summed E-state index contributed by atoms with van der Waals surface area (Å²) in [5, 5.41) is 4.69. The lowest BCUT2D eigenvalue weighted by atomic mass is 10.2. The van der Waals surface area contributed by atoms with Gasteiger partial charge in [0.2, 0.25) is 11.7 Å². The summed E-state index contributed by atoms with van der Waals surface area (Å²) in [5.74, 6) is 1.90. The first-order chi connectivity index (χ1) is 14.1. The molecule has 0 aliphatic heterocycles. The van der Waals surface area contributed by atoms with Gasteiger partial charge in [-0.3, -0.25) is 0 Å². The minimum Gasteiger partial charge on any atom is -0.467 e. The SMILES string of the molecule is CSc1ccc(-c2noc(COc3cc(C)nc(-c4ccc(Cl)cc4)n3)n2)cc1. The monoisotopic (exact) mass is 424 g/mol. The molecule has 4 aromatic rings. The first kappa shape index (κ1) is 19.4. The summed E-state index contributed by atoms with van der Waals surface area (Å²) in [6, 6.07) is 17.1. The number of hydrogen-bond donors (Lipinski definition) is 0. The molecule has 0 fully saturated rings. The van der Waals surface area contributed by atoms with Gasteiger partial charge in [0.25, 0.3) is 5.89 Å². The highest BCUT2D eigenvalue weighted by molar-refractivity contribution is 7.98. The van der Waals surface area contributed by atoms with Crippen molar-refractivity contribution in [3.63, 3.8) is 0 Å². The van der Waals surface area contributed by atoms with Crippen LogP contribution in [0.5, 0.6) is 5.88 Å². The number of hydrogen-bond acceptors (Lipinski definition) is 7. The van der Waals surface area contributed by atoms with Gasteiger partial charge >= 0.3 is 0 Å². The van der Waals surface area contributed by atoms with Crippen molar-refractivity contribution in [1.29, 1.82) is 0 Å². The molecule has 4 rings (SSSR count). The smallest absolute Gasteiger partial charge is 0.264 e. The highest BCUT2D eigenvalue weighted by atomic mass is 35.5. The van der Waals surface area contributed by atoms with E-state index in [0.29, 0.717) is 28.4 Å². The van der Waals surface area contributed by atoms with Crippen LogP contribution in [0.25, 0.3) is 22.8 Å². The number of thioether (sulfide) groups is 1. The van der Waals surface area contributed by atoms with Gasteiger partial charge in [-0.1, -0.05) is 16.8 Å². The van der Waals surface area contributed by atoms with Crippen LogP contribution in [0.4, 0.5) is 0 Å². The molecular weight excluding hydrogens is 408 g/mol. The first-order valence-corrected chi connectivity index (χ1v) is 10.4. The maximum atomic E-state index is 5.95. The van der Waals surface area contributed by atoms with Crippen molar-refractivity contribution in [3.05, 3.63) is 71.2 Å². The average molecular weight is 425 g/mol. The molecule has 0 bridgehead atoms. The molecule has 0 saturated carbocycles. The van der Waals surface area contributed by atoms with Crippen molar-refractivity contribution < 1.29 is 9.26 Å². The van der Waals surface area contributed by atoms with Crippen molar-refractivity contribution in [2.24, 2.45) is 0 Å². The van der Waals surface area contributed by atoms with Crippen molar-refractivity contribution in [1.82, 2.24) is 20.1 Å². The van der Waals surface area contributed by atoms with Crippen LogP contribution >= 0.6 is 23.4 Å². The van der Waals surface area contributed by atoms with E-state index < -0.39 is 0 Å². The molecule has 0 spiro atoms. The fraction of sp³-hybridized carbons (Fsp3) is 0.143. The Kier molecular flexibility index (Phi) is 5.78. The lowest BCUT2D eigenvalue weighted by molar-refractivity contribution is 0.235. The molecule has 8 heteroatoms. The summed E-state index contributed by atoms with van der Waals surface area (Å²) in [5.41, 5.74) is 2.54. The van der Waals surface area contributed by atoms with Gasteiger partial charge < -0.3 is 9.26 Å². The second kappa shape index (κ2) is 8.63. The van der Waals surface area contributed by atoms with Crippen molar-refractivity contribution >= 4 is 23.4 Å². The van der Waals surface area contributed by atoms with Gasteiger partial charge in [-0.05, 0) is 61.7 Å². The second-order valence-corrected chi connectivity index (χ2v) is 7.52. The van der Waals surface area contributed by atoms with Crippen molar-refractivity contribution in [2.75, 3.05) is 6.26 Å². The van der Waals surface area contributed by atoms with Crippen LogP contribution in [-0.2, 0) is 6.61 Å². The normalized spacial score (nSPS) is 10.9. The number of aromatic nitrogens is 4. The Bertz CT molecular complexity index is 1110. The van der Waals surface area contributed by atoms with E-state index >= 15 is 0 Å². The molecule has 29 heavy (non-hydrogen) atoms. The molecule has 2 heterocycles. The van der Waals surface area contributed by atoms with Gasteiger partial charge in [-0.25, -0.2) is 4.98 Å². The standard InChI is InChI=1S/C21H17ClN4O2S/c1-13-11-18(24-20(23-13)14-3-7-16(22)8-4-14)27-12-19-25-21(26-28-19)15-5-9-17(29-2)10-6-15/h3-11H,12H2,1-2H3. The molecule has 6 nitrogen and oxygen atoms in total. The topological polar surface area (TPSA) is 73.9 Å². The Morgan fingerprint density at radius 2 is 1.62 bits per heavy atom. The van der Waals surface area contributed by atoms with E-state index in [4.69, 9.17) is 20.9 Å². The number of ether oxygens (including phenoxy) is 1. The summed E-state index contributed by atoms with van der Waals surface area (Å²) < 4.78 is 11.1. The van der Waals surface area contributed by atoms with Crippen LogP contribution in [0.2, 0.25) is 5.02 Å². The van der Waals surface area contributed by atoms with Gasteiger partial charge in [0.05, 0.1) is 0 Å². The summed E-state index contributed by atoms with van der Waals surface area (Å²) in [7, 11) is 0. The highest BCUT2D eigenvalue weighted by Crippen LogP contribution is 2.23. The third kappa shape index (κ3) is 4.75.